The molecule has 3 amide bonds. The van der Waals surface area contributed by atoms with Gasteiger partial charge in [0.15, 0.2) is 5.76 Å². The Bertz CT molecular complexity index is 761. The maximum absolute atomic E-state index is 13.7. The van der Waals surface area contributed by atoms with Gasteiger partial charge in [-0.05, 0) is 12.5 Å². The second-order valence-corrected chi connectivity index (χ2v) is 4.94. The monoisotopic (exact) mass is 338 g/mol. The standard InChI is InChI=1S/C15H16F2N4O3/c1-3-9-4-10(24-21-9)7-18-15(23)20-14-6-13(19-8(2)22)11(16)5-12(14)17/h4-6H,3,7H2,1-2H3,(H,19,22)(H2,18,20,23). The van der Waals surface area contributed by atoms with Crippen LogP contribution in [0.5, 0.6) is 0 Å². The van der Waals surface area contributed by atoms with Gasteiger partial charge in [0.25, 0.3) is 0 Å². The Morgan fingerprint density at radius 1 is 1.12 bits per heavy atom. The molecule has 9 heteroatoms. The minimum absolute atomic E-state index is 0.0558. The number of rotatable bonds is 5. The van der Waals surface area contributed by atoms with E-state index in [4.69, 9.17) is 4.52 Å². The molecule has 0 radical (unpaired) electrons. The van der Waals surface area contributed by atoms with Crippen LogP contribution in [0.3, 0.4) is 0 Å². The lowest BCUT2D eigenvalue weighted by Crippen LogP contribution is -2.28. The first-order chi connectivity index (χ1) is 11.4. The summed E-state index contributed by atoms with van der Waals surface area (Å²) in [4.78, 5) is 22.8. The molecule has 0 saturated carbocycles. The van der Waals surface area contributed by atoms with Gasteiger partial charge in [-0.1, -0.05) is 12.1 Å². The van der Waals surface area contributed by atoms with E-state index in [0.717, 1.165) is 11.8 Å². The van der Waals surface area contributed by atoms with Crippen LogP contribution in [-0.2, 0) is 17.8 Å². The second kappa shape index (κ2) is 7.53. The molecule has 24 heavy (non-hydrogen) atoms. The third-order valence-corrected chi connectivity index (χ3v) is 3.01. The molecule has 0 atom stereocenters. The van der Waals surface area contributed by atoms with E-state index in [1.54, 1.807) is 6.07 Å². The average molecular weight is 338 g/mol. The number of aromatic nitrogens is 1. The molecule has 0 spiro atoms. The molecule has 1 aromatic heterocycles. The summed E-state index contributed by atoms with van der Waals surface area (Å²) in [5.41, 5.74) is 0.239. The molecule has 1 heterocycles. The molecule has 0 saturated heterocycles. The summed E-state index contributed by atoms with van der Waals surface area (Å²) >= 11 is 0. The van der Waals surface area contributed by atoms with E-state index in [9.17, 15) is 18.4 Å². The molecular weight excluding hydrogens is 322 g/mol. The predicted octanol–water partition coefficient (Wildman–Crippen LogP) is 2.80. The average Bonchev–Trinajstić information content (AvgIpc) is 2.97. The Morgan fingerprint density at radius 2 is 1.79 bits per heavy atom. The van der Waals surface area contributed by atoms with Crippen LogP contribution in [0.1, 0.15) is 25.3 Å². The molecule has 2 rings (SSSR count). The summed E-state index contributed by atoms with van der Waals surface area (Å²) in [5, 5.41) is 10.7. The topological polar surface area (TPSA) is 96.3 Å². The van der Waals surface area contributed by atoms with Crippen molar-refractivity contribution in [3.05, 3.63) is 41.3 Å². The highest BCUT2D eigenvalue weighted by atomic mass is 19.1. The van der Waals surface area contributed by atoms with E-state index in [1.165, 1.54) is 6.92 Å². The highest BCUT2D eigenvalue weighted by molar-refractivity contribution is 5.92. The van der Waals surface area contributed by atoms with Gasteiger partial charge in [0.1, 0.15) is 11.6 Å². The van der Waals surface area contributed by atoms with Crippen LogP contribution in [0.15, 0.2) is 22.7 Å². The zero-order chi connectivity index (χ0) is 17.7. The maximum Gasteiger partial charge on any atom is 0.319 e. The molecule has 0 aliphatic carbocycles. The highest BCUT2D eigenvalue weighted by Gasteiger charge is 2.13. The lowest BCUT2D eigenvalue weighted by atomic mass is 10.2. The van der Waals surface area contributed by atoms with E-state index in [2.05, 4.69) is 21.1 Å². The van der Waals surface area contributed by atoms with Gasteiger partial charge in [0.2, 0.25) is 5.91 Å². The van der Waals surface area contributed by atoms with Crippen LogP contribution >= 0.6 is 0 Å². The summed E-state index contributed by atoms with van der Waals surface area (Å²) in [5.74, 6) is -1.99. The second-order valence-electron chi connectivity index (χ2n) is 4.94. The van der Waals surface area contributed by atoms with Crippen LogP contribution in [0.2, 0.25) is 0 Å². The number of urea groups is 1. The lowest BCUT2D eigenvalue weighted by Gasteiger charge is -2.10. The molecule has 0 aliphatic rings. The van der Waals surface area contributed by atoms with E-state index in [1.807, 2.05) is 6.92 Å². The molecule has 128 valence electrons. The van der Waals surface area contributed by atoms with Gasteiger partial charge in [0, 0.05) is 19.1 Å². The first-order valence-corrected chi connectivity index (χ1v) is 7.15. The van der Waals surface area contributed by atoms with Crippen molar-refractivity contribution in [1.29, 1.82) is 0 Å². The number of hydrogen-bond acceptors (Lipinski definition) is 4. The maximum atomic E-state index is 13.7. The number of nitrogens with one attached hydrogen (secondary N) is 3. The van der Waals surface area contributed by atoms with Gasteiger partial charge in [-0.15, -0.1) is 0 Å². The number of amides is 3. The SMILES string of the molecule is CCc1cc(CNC(=O)Nc2cc(NC(C)=O)c(F)cc2F)on1. The highest BCUT2D eigenvalue weighted by Crippen LogP contribution is 2.23. The summed E-state index contributed by atoms with van der Waals surface area (Å²) < 4.78 is 32.2. The third-order valence-electron chi connectivity index (χ3n) is 3.01. The molecule has 0 fully saturated rings. The molecule has 1 aromatic carbocycles. The smallest absolute Gasteiger partial charge is 0.319 e. The van der Waals surface area contributed by atoms with E-state index in [-0.39, 0.29) is 17.9 Å². The Morgan fingerprint density at radius 3 is 2.38 bits per heavy atom. The molecular formula is C15H16F2N4O3. The Hall–Kier alpha value is -2.97. The predicted molar refractivity (Wildman–Crippen MR) is 82.4 cm³/mol. The van der Waals surface area contributed by atoms with E-state index < -0.39 is 23.6 Å². The fourth-order valence-electron chi connectivity index (χ4n) is 1.87. The van der Waals surface area contributed by atoms with Crippen molar-refractivity contribution in [2.24, 2.45) is 0 Å². The van der Waals surface area contributed by atoms with Crippen molar-refractivity contribution in [2.45, 2.75) is 26.8 Å². The third kappa shape index (κ3) is 4.51. The van der Waals surface area contributed by atoms with Gasteiger partial charge < -0.3 is 20.5 Å². The summed E-state index contributed by atoms with van der Waals surface area (Å²) in [6.45, 7) is 3.15. The van der Waals surface area contributed by atoms with Gasteiger partial charge >= 0.3 is 6.03 Å². The Labute approximate surface area is 136 Å². The first-order valence-electron chi connectivity index (χ1n) is 7.15. The quantitative estimate of drug-likeness (QED) is 0.781. The van der Waals surface area contributed by atoms with Crippen LogP contribution in [0.4, 0.5) is 25.0 Å². The zero-order valence-corrected chi connectivity index (χ0v) is 13.1. The van der Waals surface area contributed by atoms with Gasteiger partial charge in [-0.2, -0.15) is 0 Å². The van der Waals surface area contributed by atoms with E-state index >= 15 is 0 Å². The summed E-state index contributed by atoms with van der Waals surface area (Å²) in [6.07, 6.45) is 0.697. The molecule has 7 nitrogen and oxygen atoms in total. The van der Waals surface area contributed by atoms with Gasteiger partial charge in [-0.3, -0.25) is 4.79 Å². The van der Waals surface area contributed by atoms with Crippen molar-refractivity contribution in [1.82, 2.24) is 10.5 Å². The van der Waals surface area contributed by atoms with Crippen molar-refractivity contribution < 1.29 is 22.9 Å². The van der Waals surface area contributed by atoms with Crippen LogP contribution in [0.25, 0.3) is 0 Å². The number of carbonyl (C=O) groups is 2. The first kappa shape index (κ1) is 17.4. The molecule has 0 bridgehead atoms. The minimum atomic E-state index is -0.968. The molecule has 3 N–H and O–H groups in total. The normalized spacial score (nSPS) is 10.3. The van der Waals surface area contributed by atoms with Crippen molar-refractivity contribution in [3.63, 3.8) is 0 Å². The van der Waals surface area contributed by atoms with E-state index in [0.29, 0.717) is 18.2 Å². The minimum Gasteiger partial charge on any atom is -0.359 e. The fourth-order valence-corrected chi connectivity index (χ4v) is 1.87. The number of aryl methyl sites for hydroxylation is 1. The van der Waals surface area contributed by atoms with Crippen molar-refractivity contribution >= 4 is 23.3 Å². The summed E-state index contributed by atoms with van der Waals surface area (Å²) in [7, 11) is 0. The fraction of sp³-hybridized carbons (Fsp3) is 0.267. The summed E-state index contributed by atoms with van der Waals surface area (Å²) in [6, 6.07) is 2.54. The Kier molecular flexibility index (Phi) is 5.46. The van der Waals surface area contributed by atoms with Gasteiger partial charge in [-0.25, -0.2) is 13.6 Å². The molecule has 2 aromatic rings. The van der Waals surface area contributed by atoms with Crippen LogP contribution in [-0.4, -0.2) is 17.1 Å². The van der Waals surface area contributed by atoms with Crippen LogP contribution < -0.4 is 16.0 Å². The van der Waals surface area contributed by atoms with Crippen molar-refractivity contribution in [2.75, 3.05) is 10.6 Å². The lowest BCUT2D eigenvalue weighted by molar-refractivity contribution is -0.114. The Balaban J connectivity index is 2.01. The number of hydrogen-bond donors (Lipinski definition) is 3. The number of carbonyl (C=O) groups excluding carboxylic acids is 2. The number of anilines is 2. The number of halogens is 2. The largest absolute Gasteiger partial charge is 0.359 e. The number of nitrogens with zero attached hydrogens (tertiary/aromatic N) is 1. The van der Waals surface area contributed by atoms with Crippen molar-refractivity contribution in [3.8, 4) is 0 Å². The van der Waals surface area contributed by atoms with Crippen LogP contribution in [0, 0.1) is 11.6 Å². The molecule has 0 aliphatic heterocycles. The zero-order valence-electron chi connectivity index (χ0n) is 13.1. The van der Waals surface area contributed by atoms with Gasteiger partial charge in [0.05, 0.1) is 23.6 Å². The number of benzene rings is 1. The molecule has 0 unspecified atom stereocenters.